The molecule has 1 unspecified atom stereocenters. The van der Waals surface area contributed by atoms with Crippen molar-refractivity contribution in [3.8, 4) is 0 Å². The maximum atomic E-state index is 15.0. The summed E-state index contributed by atoms with van der Waals surface area (Å²) in [5, 5.41) is 17.5. The lowest BCUT2D eigenvalue weighted by atomic mass is 9.52. The first-order chi connectivity index (χ1) is 32.3. The second-order valence-electron chi connectivity index (χ2n) is 23.2. The Labute approximate surface area is 404 Å². The molecular weight excluding hydrogens is 867 g/mol. The van der Waals surface area contributed by atoms with E-state index in [1.807, 2.05) is 6.07 Å². The Kier molecular flexibility index (Phi) is 15.3. The van der Waals surface area contributed by atoms with Crippen LogP contribution in [0.5, 0.6) is 0 Å². The molecule has 8 rings (SSSR count). The van der Waals surface area contributed by atoms with E-state index in [0.29, 0.717) is 36.2 Å². The molecular formula is C54H81N3O11. The number of aliphatic hydroxyl groups is 1. The minimum atomic E-state index is -1.40. The molecule has 0 radical (unpaired) electrons. The predicted molar refractivity (Wildman–Crippen MR) is 255 cm³/mol. The molecule has 3 saturated carbocycles. The van der Waals surface area contributed by atoms with Crippen LogP contribution in [0.3, 0.4) is 0 Å². The maximum absolute atomic E-state index is 15.0. The van der Waals surface area contributed by atoms with Gasteiger partial charge in [-0.15, -0.1) is 0 Å². The third-order valence-electron chi connectivity index (χ3n) is 16.4. The van der Waals surface area contributed by atoms with Crippen LogP contribution in [0.4, 0.5) is 0 Å². The SMILES string of the molecule is CCCCCC1(CCCCC)O[C@@H]2[C@H](O1)[C@H]1ON(Cc3cccc(C=C4CCC5O[C@]5(C)CC[C@@H]5[C@@H]4CC5(C)C)c3)[C@H]3C(=O)O[C@@H]2C[C@@]13C(=O)NCCC(=O)N[C@H](CO)CCC(=O)OC(C)(C)C. The minimum absolute atomic E-state index is 0.0123. The first kappa shape index (κ1) is 51.0. The molecule has 1 aromatic carbocycles. The molecule has 0 aromatic heterocycles. The van der Waals surface area contributed by atoms with E-state index < -0.39 is 77.1 Å². The molecule has 11 atom stereocenters. The Balaban J connectivity index is 1.02. The molecule has 3 aliphatic carbocycles. The zero-order chi connectivity index (χ0) is 48.6. The van der Waals surface area contributed by atoms with E-state index in [9.17, 15) is 19.5 Å². The van der Waals surface area contributed by atoms with Gasteiger partial charge in [0.25, 0.3) is 0 Å². The first-order valence-electron chi connectivity index (χ1n) is 26.2. The molecule has 1 aromatic rings. The van der Waals surface area contributed by atoms with Crippen molar-refractivity contribution in [3.63, 3.8) is 0 Å². The van der Waals surface area contributed by atoms with Crippen molar-refractivity contribution in [2.24, 2.45) is 22.7 Å². The van der Waals surface area contributed by atoms with Crippen LogP contribution in [0, 0.1) is 22.7 Å². The van der Waals surface area contributed by atoms with Crippen LogP contribution in [0.2, 0.25) is 0 Å². The number of esters is 2. The summed E-state index contributed by atoms with van der Waals surface area (Å²) in [6.07, 6.45) is 13.0. The van der Waals surface area contributed by atoms with Crippen molar-refractivity contribution >= 4 is 29.8 Å². The van der Waals surface area contributed by atoms with E-state index in [1.165, 1.54) is 18.4 Å². The number of hydroxylamine groups is 2. The van der Waals surface area contributed by atoms with Crippen LogP contribution in [0.15, 0.2) is 29.8 Å². The molecule has 2 bridgehead atoms. The van der Waals surface area contributed by atoms with Gasteiger partial charge < -0.3 is 39.4 Å². The Morgan fingerprint density at radius 1 is 0.971 bits per heavy atom. The number of aliphatic hydroxyl groups excluding tert-OH is 1. The van der Waals surface area contributed by atoms with Gasteiger partial charge in [0.05, 0.1) is 30.9 Å². The van der Waals surface area contributed by atoms with Crippen LogP contribution in [-0.4, -0.2) is 107 Å². The number of nitrogens with zero attached hydrogens (tertiary/aromatic N) is 1. The molecule has 4 saturated heterocycles. The number of ether oxygens (including phenoxy) is 5. The molecule has 0 spiro atoms. The molecule has 3 N–H and O–H groups in total. The number of unbranched alkanes of at least 4 members (excludes halogenated alkanes) is 4. The number of amides is 2. The maximum Gasteiger partial charge on any atom is 0.327 e. The summed E-state index contributed by atoms with van der Waals surface area (Å²) >= 11 is 0. The Bertz CT molecular complexity index is 2020. The van der Waals surface area contributed by atoms with Crippen molar-refractivity contribution in [1.29, 1.82) is 0 Å². The van der Waals surface area contributed by atoms with Gasteiger partial charge >= 0.3 is 11.9 Å². The predicted octanol–water partition coefficient (Wildman–Crippen LogP) is 8.01. The van der Waals surface area contributed by atoms with Gasteiger partial charge in [0.15, 0.2) is 11.8 Å². The summed E-state index contributed by atoms with van der Waals surface area (Å²) in [7, 11) is 0. The van der Waals surface area contributed by atoms with Gasteiger partial charge in [-0.3, -0.25) is 24.0 Å². The fraction of sp³-hybridized carbons (Fsp3) is 0.778. The van der Waals surface area contributed by atoms with Crippen molar-refractivity contribution in [2.75, 3.05) is 13.2 Å². The summed E-state index contributed by atoms with van der Waals surface area (Å²) in [6.45, 7) is 16.6. The number of allylic oxidation sites excluding steroid dienone is 1. The highest BCUT2D eigenvalue weighted by Gasteiger charge is 2.76. The van der Waals surface area contributed by atoms with Crippen LogP contribution in [0.25, 0.3) is 6.08 Å². The molecule has 7 aliphatic rings. The number of hydrogen-bond acceptors (Lipinski definition) is 12. The fourth-order valence-electron chi connectivity index (χ4n) is 12.7. The van der Waals surface area contributed by atoms with Crippen molar-refractivity contribution in [2.45, 2.75) is 231 Å². The summed E-state index contributed by atoms with van der Waals surface area (Å²) in [5.41, 5.74) is 1.79. The summed E-state index contributed by atoms with van der Waals surface area (Å²) in [5.74, 6) is -1.49. The van der Waals surface area contributed by atoms with Crippen LogP contribution >= 0.6 is 0 Å². The number of carbonyl (C=O) groups excluding carboxylic acids is 4. The van der Waals surface area contributed by atoms with E-state index >= 15 is 4.79 Å². The van der Waals surface area contributed by atoms with Gasteiger partial charge in [0.1, 0.15) is 35.4 Å². The number of fused-ring (bicyclic) bond motifs is 6. The number of benzene rings is 1. The average molecular weight is 948 g/mol. The number of carbonyl (C=O) groups is 4. The highest BCUT2D eigenvalue weighted by Crippen LogP contribution is 2.61. The van der Waals surface area contributed by atoms with Gasteiger partial charge in [-0.1, -0.05) is 89.3 Å². The topological polar surface area (TPSA) is 174 Å². The normalized spacial score (nSPS) is 34.2. The van der Waals surface area contributed by atoms with Crippen LogP contribution < -0.4 is 10.6 Å². The van der Waals surface area contributed by atoms with Gasteiger partial charge in [-0.2, -0.15) is 5.06 Å². The van der Waals surface area contributed by atoms with E-state index in [1.54, 1.807) is 25.8 Å². The monoisotopic (exact) mass is 948 g/mol. The minimum Gasteiger partial charge on any atom is -0.460 e. The molecule has 7 fully saturated rings. The lowest BCUT2D eigenvalue weighted by Crippen LogP contribution is -2.69. The molecule has 4 heterocycles. The summed E-state index contributed by atoms with van der Waals surface area (Å²) in [4.78, 5) is 62.0. The van der Waals surface area contributed by atoms with Crippen molar-refractivity contribution in [3.05, 3.63) is 41.0 Å². The summed E-state index contributed by atoms with van der Waals surface area (Å²) in [6, 6.07) is 6.66. The average Bonchev–Trinajstić information content (AvgIpc) is 3.55. The molecule has 14 heteroatoms. The smallest absolute Gasteiger partial charge is 0.327 e. The molecule has 14 nitrogen and oxygen atoms in total. The van der Waals surface area contributed by atoms with Crippen molar-refractivity contribution in [1.82, 2.24) is 15.7 Å². The van der Waals surface area contributed by atoms with Gasteiger partial charge in [-0.05, 0) is 107 Å². The Morgan fingerprint density at radius 2 is 1.71 bits per heavy atom. The number of hydrogen-bond donors (Lipinski definition) is 3. The zero-order valence-corrected chi connectivity index (χ0v) is 42.2. The molecule has 4 aliphatic heterocycles. The standard InChI is InChI=1S/C54H81N3O11/c1-9-11-13-24-53(25-14-12-10-2)66-44-40-31-54(49(62)55-27-23-42(59)56-37(33-58)19-21-43(60)65-50(3,4)5)46(48(61)63-40)57(68-47(54)45(44)67-53)32-35-17-15-16-34(28-35)29-36-18-20-41-52(8,64-41)26-22-39-38(36)30-51(39,6)7/h15-17,28-29,37-41,44-47,58H,9-14,18-27,30-33H2,1-8H3,(H,55,62)(H,56,59)/t37-,38+,39+,40+,41?,44-,45-,46-,47+,52+,54-/m0/s1. The Hall–Kier alpha value is -3.40. The van der Waals surface area contributed by atoms with Gasteiger partial charge in [0.2, 0.25) is 11.8 Å². The highest BCUT2D eigenvalue weighted by atomic mass is 16.8. The van der Waals surface area contributed by atoms with E-state index in [2.05, 4.69) is 69.5 Å². The van der Waals surface area contributed by atoms with Crippen molar-refractivity contribution < 1.29 is 52.8 Å². The lowest BCUT2D eigenvalue weighted by Gasteiger charge is -2.53. The van der Waals surface area contributed by atoms with Crippen LogP contribution in [-0.2, 0) is 54.2 Å². The number of epoxide rings is 1. The van der Waals surface area contributed by atoms with Crippen LogP contribution in [0.1, 0.15) is 176 Å². The van der Waals surface area contributed by atoms with Gasteiger partial charge in [-0.25, -0.2) is 0 Å². The first-order valence-corrected chi connectivity index (χ1v) is 26.2. The summed E-state index contributed by atoms with van der Waals surface area (Å²) < 4.78 is 31.9. The third-order valence-corrected chi connectivity index (χ3v) is 16.4. The largest absolute Gasteiger partial charge is 0.460 e. The Morgan fingerprint density at radius 3 is 2.40 bits per heavy atom. The quantitative estimate of drug-likeness (QED) is 0.0654. The van der Waals surface area contributed by atoms with E-state index in [-0.39, 0.29) is 51.0 Å². The zero-order valence-electron chi connectivity index (χ0n) is 42.2. The van der Waals surface area contributed by atoms with E-state index in [4.69, 9.17) is 28.5 Å². The lowest BCUT2D eigenvalue weighted by molar-refractivity contribution is -0.224. The van der Waals surface area contributed by atoms with Gasteiger partial charge in [0, 0.05) is 38.6 Å². The number of nitrogens with one attached hydrogen (secondary N) is 2. The van der Waals surface area contributed by atoms with E-state index in [0.717, 1.165) is 68.9 Å². The second-order valence-corrected chi connectivity index (χ2v) is 23.2. The molecule has 2 amide bonds. The second kappa shape index (κ2) is 20.4. The molecule has 378 valence electrons. The molecule has 68 heavy (non-hydrogen) atoms. The third kappa shape index (κ3) is 10.8. The highest BCUT2D eigenvalue weighted by molar-refractivity contribution is 5.94. The number of rotatable bonds is 20. The fourth-order valence-corrected chi connectivity index (χ4v) is 12.7.